The van der Waals surface area contributed by atoms with E-state index in [2.05, 4.69) is 4.43 Å². The van der Waals surface area contributed by atoms with Crippen LogP contribution >= 0.6 is 0 Å². The van der Waals surface area contributed by atoms with Crippen LogP contribution in [0.3, 0.4) is 0 Å². The van der Waals surface area contributed by atoms with E-state index in [0.717, 1.165) is 13.1 Å². The Morgan fingerprint density at radius 2 is 0.733 bits per heavy atom. The molecule has 0 aromatic carbocycles. The van der Waals surface area contributed by atoms with E-state index in [1.807, 2.05) is 0 Å². The average Bonchev–Trinajstić information content (AvgIpc) is 2.50. The fraction of sp³-hybridized carbons (Fsp3) is 1.00. The summed E-state index contributed by atoms with van der Waals surface area (Å²) in [6, 6.07) is 0. The first-order valence-electron chi connectivity index (χ1n) is 7.00. The van der Waals surface area contributed by atoms with Gasteiger partial charge in [0, 0.05) is 0 Å². The molecule has 0 heterocycles. The molecule has 0 aromatic rings. The first kappa shape index (κ1) is 29.0. The third-order valence-electron chi connectivity index (χ3n) is 3.39. The summed E-state index contributed by atoms with van der Waals surface area (Å²) in [5.41, 5.74) is 0. The normalized spacial score (nSPS) is 16.4. The Labute approximate surface area is 156 Å². The zero-order chi connectivity index (χ0) is 25.0. The van der Waals surface area contributed by atoms with Gasteiger partial charge in [-0.1, -0.05) is 0 Å². The van der Waals surface area contributed by atoms with Crippen molar-refractivity contribution in [2.45, 2.75) is 60.7 Å². The van der Waals surface area contributed by atoms with E-state index < -0.39 is 63.3 Å². The number of hydrogen-bond acceptors (Lipinski definition) is 1. The lowest BCUT2D eigenvalue weighted by Gasteiger charge is -2.42. The second-order valence-electron chi connectivity index (χ2n) is 6.01. The lowest BCUT2D eigenvalue weighted by molar-refractivity contribution is -0.462. The van der Waals surface area contributed by atoms with Crippen molar-refractivity contribution in [1.82, 2.24) is 0 Å². The fourth-order valence-corrected chi connectivity index (χ4v) is 2.10. The summed E-state index contributed by atoms with van der Waals surface area (Å²) in [6.45, 7) is -0.903. The summed E-state index contributed by atoms with van der Waals surface area (Å²) in [5.74, 6) is -56.2. The second kappa shape index (κ2) is 7.54. The van der Waals surface area contributed by atoms with Crippen LogP contribution in [0.5, 0.6) is 0 Å². The average molecular weight is 508 g/mol. The molecule has 0 aliphatic rings. The van der Waals surface area contributed by atoms with Crippen LogP contribution in [0.2, 0.25) is 13.1 Å². The van der Waals surface area contributed by atoms with Gasteiger partial charge in [0.2, 0.25) is 0 Å². The fourth-order valence-electron chi connectivity index (χ4n) is 1.56. The van der Waals surface area contributed by atoms with E-state index in [9.17, 15) is 74.6 Å². The van der Waals surface area contributed by atoms with Gasteiger partial charge in [0.1, 0.15) is 6.61 Å². The van der Waals surface area contributed by atoms with Crippen molar-refractivity contribution in [3.63, 3.8) is 0 Å². The van der Waals surface area contributed by atoms with E-state index in [0.29, 0.717) is 0 Å². The minimum Gasteiger partial charge on any atom is -0.414 e. The monoisotopic (exact) mass is 508 g/mol. The maximum absolute atomic E-state index is 13.3. The molecular weight excluding hydrogens is 499 g/mol. The minimum absolute atomic E-state index is 0.953. The zero-order valence-corrected chi connectivity index (χ0v) is 15.3. The molecule has 19 heteroatoms. The Balaban J connectivity index is 6.55. The first-order valence-corrected chi connectivity index (χ1v) is 9.78. The molecule has 0 aromatic heterocycles. The van der Waals surface area contributed by atoms with Gasteiger partial charge in [-0.2, -0.15) is 74.6 Å². The molecular formula is C11H9F17OSi. The Morgan fingerprint density at radius 1 is 0.467 bits per heavy atom. The molecule has 0 atom stereocenters. The van der Waals surface area contributed by atoms with Gasteiger partial charge in [0.15, 0.2) is 9.04 Å². The summed E-state index contributed by atoms with van der Waals surface area (Å²) in [6.07, 6.45) is -7.76. The van der Waals surface area contributed by atoms with Crippen LogP contribution in [0, 0.1) is 0 Å². The van der Waals surface area contributed by atoms with Gasteiger partial charge in [-0.3, -0.25) is 0 Å². The standard InChI is InChI=1S/C11H9F17OSi/c1-30(2)29-3-4(12,13)5(14,15)6(16,17)7(18,19)8(20,21)9(22,23)10(24,25)11(26,27)28/h30H,3H2,1-2H3. The Kier molecular flexibility index (Phi) is 7.29. The Bertz CT molecular complexity index is 607. The van der Waals surface area contributed by atoms with E-state index in [1.54, 1.807) is 0 Å². The van der Waals surface area contributed by atoms with Crippen molar-refractivity contribution in [3.8, 4) is 0 Å². The molecule has 1 nitrogen and oxygen atoms in total. The molecule has 0 saturated carbocycles. The highest BCUT2D eigenvalue weighted by Gasteiger charge is 2.95. The maximum atomic E-state index is 13.3. The van der Waals surface area contributed by atoms with Gasteiger partial charge in [0.25, 0.3) is 0 Å². The van der Waals surface area contributed by atoms with Crippen molar-refractivity contribution < 1.29 is 79.1 Å². The van der Waals surface area contributed by atoms with Crippen LogP contribution in [-0.4, -0.2) is 63.3 Å². The zero-order valence-electron chi connectivity index (χ0n) is 14.1. The van der Waals surface area contributed by atoms with E-state index in [1.165, 1.54) is 0 Å². The van der Waals surface area contributed by atoms with Crippen LogP contribution in [0.15, 0.2) is 0 Å². The molecule has 0 bridgehead atoms. The van der Waals surface area contributed by atoms with E-state index in [4.69, 9.17) is 0 Å². The summed E-state index contributed by atoms with van der Waals surface area (Å²) < 4.78 is 223. The van der Waals surface area contributed by atoms with Crippen molar-refractivity contribution in [3.05, 3.63) is 0 Å². The van der Waals surface area contributed by atoms with Crippen LogP contribution in [0.4, 0.5) is 74.6 Å². The highest BCUT2D eigenvalue weighted by atomic mass is 28.3. The molecule has 0 saturated heterocycles. The highest BCUT2D eigenvalue weighted by molar-refractivity contribution is 6.48. The largest absolute Gasteiger partial charge is 0.460 e. The molecule has 182 valence electrons. The third kappa shape index (κ3) is 3.94. The number of hydrogen-bond donors (Lipinski definition) is 0. The lowest BCUT2D eigenvalue weighted by atomic mass is 9.89. The summed E-state index contributed by atoms with van der Waals surface area (Å²) in [4.78, 5) is 0. The Morgan fingerprint density at radius 3 is 1.00 bits per heavy atom. The van der Waals surface area contributed by atoms with Crippen LogP contribution in [0.1, 0.15) is 0 Å². The van der Waals surface area contributed by atoms with Crippen molar-refractivity contribution >= 4 is 9.04 Å². The third-order valence-corrected chi connectivity index (χ3v) is 4.22. The van der Waals surface area contributed by atoms with Gasteiger partial charge in [0.05, 0.1) is 0 Å². The summed E-state index contributed by atoms with van der Waals surface area (Å²) in [7, 11) is -2.78. The highest BCUT2D eigenvalue weighted by Crippen LogP contribution is 2.63. The molecule has 30 heavy (non-hydrogen) atoms. The summed E-state index contributed by atoms with van der Waals surface area (Å²) >= 11 is 0. The van der Waals surface area contributed by atoms with E-state index >= 15 is 0 Å². The first-order chi connectivity index (χ1) is 12.7. The molecule has 0 N–H and O–H groups in total. The van der Waals surface area contributed by atoms with Crippen molar-refractivity contribution in [2.24, 2.45) is 0 Å². The van der Waals surface area contributed by atoms with Gasteiger partial charge >= 0.3 is 47.6 Å². The van der Waals surface area contributed by atoms with Crippen LogP contribution in [0.25, 0.3) is 0 Å². The van der Waals surface area contributed by atoms with E-state index in [-0.39, 0.29) is 0 Å². The smallest absolute Gasteiger partial charge is 0.414 e. The van der Waals surface area contributed by atoms with Crippen molar-refractivity contribution in [2.75, 3.05) is 6.61 Å². The molecule has 0 unspecified atom stereocenters. The van der Waals surface area contributed by atoms with Crippen LogP contribution in [-0.2, 0) is 4.43 Å². The second-order valence-corrected chi connectivity index (χ2v) is 8.44. The number of alkyl halides is 17. The molecule has 0 fully saturated rings. The van der Waals surface area contributed by atoms with Gasteiger partial charge in [-0.05, 0) is 13.1 Å². The topological polar surface area (TPSA) is 9.23 Å². The lowest BCUT2D eigenvalue weighted by Crippen LogP contribution is -2.74. The predicted octanol–water partition coefficient (Wildman–Crippen LogP) is 6.00. The van der Waals surface area contributed by atoms with Crippen molar-refractivity contribution in [1.29, 1.82) is 0 Å². The maximum Gasteiger partial charge on any atom is 0.460 e. The molecule has 0 amide bonds. The Hall–Kier alpha value is -1.01. The quantitative estimate of drug-likeness (QED) is 0.275. The molecule has 0 aliphatic carbocycles. The van der Waals surface area contributed by atoms with Gasteiger partial charge < -0.3 is 4.43 Å². The predicted molar refractivity (Wildman–Crippen MR) is 65.5 cm³/mol. The minimum atomic E-state index is -8.60. The van der Waals surface area contributed by atoms with Crippen LogP contribution < -0.4 is 0 Å². The molecule has 0 spiro atoms. The SMILES string of the molecule is C[SiH](C)OCC(F)(F)C(F)(F)C(F)(F)C(F)(F)C(F)(F)C(F)(F)C(F)(F)C(F)(F)F. The molecule has 0 aliphatic heterocycles. The molecule has 0 rings (SSSR count). The number of halogens is 17. The van der Waals surface area contributed by atoms with Gasteiger partial charge in [-0.25, -0.2) is 0 Å². The van der Waals surface area contributed by atoms with Gasteiger partial charge in [-0.15, -0.1) is 0 Å². The number of rotatable bonds is 9. The summed E-state index contributed by atoms with van der Waals surface area (Å²) in [5, 5.41) is 0. The molecule has 0 radical (unpaired) electrons.